The second kappa shape index (κ2) is 6.34. The molecule has 4 heteroatoms. The van der Waals surface area contributed by atoms with Crippen molar-refractivity contribution in [1.29, 1.82) is 0 Å². The van der Waals surface area contributed by atoms with Crippen LogP contribution in [0.4, 0.5) is 0 Å². The van der Waals surface area contributed by atoms with Gasteiger partial charge in [-0.15, -0.1) is 0 Å². The predicted molar refractivity (Wildman–Crippen MR) is 76.8 cm³/mol. The quantitative estimate of drug-likeness (QED) is 0.897. The van der Waals surface area contributed by atoms with Crippen LogP contribution in [0, 0.1) is 12.8 Å². The van der Waals surface area contributed by atoms with Gasteiger partial charge in [0.25, 0.3) is 5.91 Å². The van der Waals surface area contributed by atoms with Crippen LogP contribution in [0.15, 0.2) is 22.7 Å². The molecular formula is C14H19BrN2O. The Kier molecular flexibility index (Phi) is 4.78. The van der Waals surface area contributed by atoms with E-state index < -0.39 is 0 Å². The maximum absolute atomic E-state index is 11.9. The lowest BCUT2D eigenvalue weighted by Crippen LogP contribution is -2.26. The smallest absolute Gasteiger partial charge is 0.251 e. The lowest BCUT2D eigenvalue weighted by Gasteiger charge is -2.10. The average molecular weight is 311 g/mol. The highest BCUT2D eigenvalue weighted by Crippen LogP contribution is 2.17. The van der Waals surface area contributed by atoms with Gasteiger partial charge in [0, 0.05) is 16.6 Å². The van der Waals surface area contributed by atoms with Gasteiger partial charge in [0.15, 0.2) is 0 Å². The fraction of sp³-hybridized carbons (Fsp3) is 0.500. The first-order chi connectivity index (χ1) is 8.66. The highest BCUT2D eigenvalue weighted by atomic mass is 79.9. The van der Waals surface area contributed by atoms with Gasteiger partial charge in [0.2, 0.25) is 0 Å². The summed E-state index contributed by atoms with van der Waals surface area (Å²) in [5.74, 6) is 0.733. The third-order valence-corrected chi connectivity index (χ3v) is 4.29. The molecule has 1 fully saturated rings. The van der Waals surface area contributed by atoms with Gasteiger partial charge in [-0.3, -0.25) is 4.79 Å². The topological polar surface area (TPSA) is 41.1 Å². The summed E-state index contributed by atoms with van der Waals surface area (Å²) in [6.45, 7) is 4.98. The molecule has 0 radical (unpaired) electrons. The number of halogens is 1. The second-order valence-corrected chi connectivity index (χ2v) is 5.72. The standard InChI is InChI=1S/C14H19BrN2O/c1-10-2-3-12(8-13(10)15)14(18)17-7-5-11-4-6-16-9-11/h2-3,8,11,16H,4-7,9H2,1H3,(H,17,18). The maximum atomic E-state index is 11.9. The van der Waals surface area contributed by atoms with Gasteiger partial charge in [-0.05, 0) is 56.5 Å². The first-order valence-corrected chi connectivity index (χ1v) is 7.21. The van der Waals surface area contributed by atoms with E-state index in [4.69, 9.17) is 0 Å². The Morgan fingerprint density at radius 3 is 3.06 bits per heavy atom. The zero-order valence-corrected chi connectivity index (χ0v) is 12.2. The molecule has 0 aromatic heterocycles. The molecule has 1 atom stereocenters. The van der Waals surface area contributed by atoms with E-state index in [1.165, 1.54) is 6.42 Å². The molecule has 0 bridgehead atoms. The van der Waals surface area contributed by atoms with Crippen molar-refractivity contribution in [3.05, 3.63) is 33.8 Å². The number of carbonyl (C=O) groups is 1. The Labute approximate surface area is 116 Å². The van der Waals surface area contributed by atoms with Crippen LogP contribution in [0.5, 0.6) is 0 Å². The Hall–Kier alpha value is -0.870. The molecule has 1 aliphatic heterocycles. The average Bonchev–Trinajstić information content (AvgIpc) is 2.85. The Morgan fingerprint density at radius 2 is 2.39 bits per heavy atom. The van der Waals surface area contributed by atoms with Crippen molar-refractivity contribution < 1.29 is 4.79 Å². The summed E-state index contributed by atoms with van der Waals surface area (Å²) in [5.41, 5.74) is 1.86. The molecule has 2 rings (SSSR count). The van der Waals surface area contributed by atoms with Gasteiger partial charge in [-0.2, -0.15) is 0 Å². The van der Waals surface area contributed by atoms with E-state index in [1.807, 2.05) is 25.1 Å². The molecule has 98 valence electrons. The summed E-state index contributed by atoms with van der Waals surface area (Å²) in [6.07, 6.45) is 2.29. The molecule has 0 saturated carbocycles. The van der Waals surface area contributed by atoms with Crippen molar-refractivity contribution in [3.63, 3.8) is 0 Å². The van der Waals surface area contributed by atoms with Crippen LogP contribution in [0.1, 0.15) is 28.8 Å². The summed E-state index contributed by atoms with van der Waals surface area (Å²) in [7, 11) is 0. The fourth-order valence-electron chi connectivity index (χ4n) is 2.19. The lowest BCUT2D eigenvalue weighted by molar-refractivity contribution is 0.0951. The molecule has 2 N–H and O–H groups in total. The zero-order chi connectivity index (χ0) is 13.0. The highest BCUT2D eigenvalue weighted by Gasteiger charge is 2.14. The van der Waals surface area contributed by atoms with Crippen LogP contribution in [0.3, 0.4) is 0 Å². The van der Waals surface area contributed by atoms with Crippen LogP contribution in [0.25, 0.3) is 0 Å². The minimum atomic E-state index is 0.0154. The van der Waals surface area contributed by atoms with Crippen LogP contribution in [-0.4, -0.2) is 25.5 Å². The van der Waals surface area contributed by atoms with Crippen LogP contribution in [0.2, 0.25) is 0 Å². The summed E-state index contributed by atoms with van der Waals surface area (Å²) in [5, 5.41) is 6.32. The van der Waals surface area contributed by atoms with E-state index >= 15 is 0 Å². The minimum Gasteiger partial charge on any atom is -0.352 e. The van der Waals surface area contributed by atoms with E-state index in [9.17, 15) is 4.79 Å². The van der Waals surface area contributed by atoms with Gasteiger partial charge in [-0.1, -0.05) is 22.0 Å². The molecule has 1 aliphatic rings. The Bertz CT molecular complexity index is 428. The SMILES string of the molecule is Cc1ccc(C(=O)NCCC2CCNC2)cc1Br. The number of hydrogen-bond donors (Lipinski definition) is 2. The first kappa shape index (κ1) is 13.6. The van der Waals surface area contributed by atoms with E-state index in [0.717, 1.165) is 47.6 Å². The van der Waals surface area contributed by atoms with E-state index in [-0.39, 0.29) is 5.91 Å². The lowest BCUT2D eigenvalue weighted by atomic mass is 10.1. The third-order valence-electron chi connectivity index (χ3n) is 3.43. The van der Waals surface area contributed by atoms with Crippen LogP contribution < -0.4 is 10.6 Å². The van der Waals surface area contributed by atoms with Crippen molar-refractivity contribution in [3.8, 4) is 0 Å². The first-order valence-electron chi connectivity index (χ1n) is 6.42. The molecule has 1 unspecified atom stereocenters. The molecule has 1 aromatic rings. The predicted octanol–water partition coefficient (Wildman–Crippen LogP) is 2.49. The zero-order valence-electron chi connectivity index (χ0n) is 10.6. The number of hydrogen-bond acceptors (Lipinski definition) is 2. The monoisotopic (exact) mass is 310 g/mol. The van der Waals surface area contributed by atoms with E-state index in [2.05, 4.69) is 26.6 Å². The molecule has 0 spiro atoms. The Morgan fingerprint density at radius 1 is 1.56 bits per heavy atom. The molecule has 1 amide bonds. The molecular weight excluding hydrogens is 292 g/mol. The molecule has 3 nitrogen and oxygen atoms in total. The largest absolute Gasteiger partial charge is 0.352 e. The van der Waals surface area contributed by atoms with Crippen molar-refractivity contribution in [1.82, 2.24) is 10.6 Å². The van der Waals surface area contributed by atoms with Crippen molar-refractivity contribution in [2.45, 2.75) is 19.8 Å². The molecule has 18 heavy (non-hydrogen) atoms. The second-order valence-electron chi connectivity index (χ2n) is 4.87. The molecule has 1 heterocycles. The fourth-order valence-corrected chi connectivity index (χ4v) is 2.57. The van der Waals surface area contributed by atoms with Crippen molar-refractivity contribution in [2.24, 2.45) is 5.92 Å². The molecule has 1 saturated heterocycles. The van der Waals surface area contributed by atoms with Crippen LogP contribution in [-0.2, 0) is 0 Å². The summed E-state index contributed by atoms with van der Waals surface area (Å²) >= 11 is 3.45. The number of rotatable bonds is 4. The van der Waals surface area contributed by atoms with Gasteiger partial charge in [-0.25, -0.2) is 0 Å². The minimum absolute atomic E-state index is 0.0154. The molecule has 1 aromatic carbocycles. The number of carbonyl (C=O) groups excluding carboxylic acids is 1. The van der Waals surface area contributed by atoms with Gasteiger partial charge in [0.05, 0.1) is 0 Å². The van der Waals surface area contributed by atoms with Gasteiger partial charge >= 0.3 is 0 Å². The summed E-state index contributed by atoms with van der Waals surface area (Å²) in [6, 6.07) is 5.70. The summed E-state index contributed by atoms with van der Waals surface area (Å²) in [4.78, 5) is 11.9. The van der Waals surface area contributed by atoms with E-state index in [0.29, 0.717) is 0 Å². The number of amides is 1. The van der Waals surface area contributed by atoms with Crippen molar-refractivity contribution in [2.75, 3.05) is 19.6 Å². The van der Waals surface area contributed by atoms with E-state index in [1.54, 1.807) is 0 Å². The van der Waals surface area contributed by atoms with Crippen LogP contribution >= 0.6 is 15.9 Å². The maximum Gasteiger partial charge on any atom is 0.251 e. The normalized spacial score (nSPS) is 18.9. The number of benzene rings is 1. The Balaban J connectivity index is 1.81. The van der Waals surface area contributed by atoms with Gasteiger partial charge in [0.1, 0.15) is 0 Å². The molecule has 0 aliphatic carbocycles. The third kappa shape index (κ3) is 3.56. The van der Waals surface area contributed by atoms with Gasteiger partial charge < -0.3 is 10.6 Å². The number of aryl methyl sites for hydroxylation is 1. The van der Waals surface area contributed by atoms with Crippen molar-refractivity contribution >= 4 is 21.8 Å². The highest BCUT2D eigenvalue weighted by molar-refractivity contribution is 9.10. The number of nitrogens with one attached hydrogen (secondary N) is 2. The summed E-state index contributed by atoms with van der Waals surface area (Å²) < 4.78 is 0.982.